The maximum Gasteiger partial charge on any atom is 0.159 e. The van der Waals surface area contributed by atoms with Gasteiger partial charge < -0.3 is 19.9 Å². The molecule has 2 N–H and O–H groups in total. The van der Waals surface area contributed by atoms with Gasteiger partial charge in [0, 0.05) is 17.0 Å². The predicted molar refractivity (Wildman–Crippen MR) is 138 cm³/mol. The van der Waals surface area contributed by atoms with Gasteiger partial charge in [-0.3, -0.25) is 0 Å². The van der Waals surface area contributed by atoms with Crippen LogP contribution in [-0.2, 0) is 0 Å². The maximum absolute atomic E-state index is 14.0. The lowest BCUT2D eigenvalue weighted by Gasteiger charge is -2.17. The Balaban J connectivity index is 1.36. The number of rotatable bonds is 7. The van der Waals surface area contributed by atoms with Gasteiger partial charge in [0.15, 0.2) is 11.6 Å². The maximum atomic E-state index is 14.0. The predicted octanol–water partition coefficient (Wildman–Crippen LogP) is 7.58. The van der Waals surface area contributed by atoms with Crippen LogP contribution in [0.3, 0.4) is 0 Å². The molecule has 5 rings (SSSR count). The summed E-state index contributed by atoms with van der Waals surface area (Å²) in [6.45, 7) is 1.72. The highest BCUT2D eigenvalue weighted by atomic mass is 19.2. The zero-order chi connectivity index (χ0) is 24.9. The lowest BCUT2D eigenvalue weighted by Crippen LogP contribution is -2.29. The van der Waals surface area contributed by atoms with E-state index in [1.54, 1.807) is 24.3 Å². The van der Waals surface area contributed by atoms with Crippen LogP contribution in [0.4, 0.5) is 8.78 Å². The van der Waals surface area contributed by atoms with E-state index < -0.39 is 11.6 Å². The molecule has 0 amide bonds. The number of fused-ring (bicyclic) bond motifs is 1. The number of nitrogens with one attached hydrogen (secondary N) is 1. The van der Waals surface area contributed by atoms with E-state index in [0.717, 1.165) is 41.6 Å². The first-order valence-electron chi connectivity index (χ1n) is 12.4. The van der Waals surface area contributed by atoms with Gasteiger partial charge in [-0.2, -0.15) is 0 Å². The van der Waals surface area contributed by atoms with E-state index in [-0.39, 0.29) is 5.75 Å². The first kappa shape index (κ1) is 24.1. The Labute approximate surface area is 209 Å². The van der Waals surface area contributed by atoms with Crippen molar-refractivity contribution in [1.82, 2.24) is 5.32 Å². The van der Waals surface area contributed by atoms with Crippen molar-refractivity contribution in [3.63, 3.8) is 0 Å². The van der Waals surface area contributed by atoms with E-state index in [4.69, 9.17) is 9.47 Å². The van der Waals surface area contributed by atoms with E-state index in [1.807, 2.05) is 30.3 Å². The topological polar surface area (TPSA) is 50.7 Å². The minimum Gasteiger partial charge on any atom is -0.508 e. The molecular weight excluding hydrogens is 460 g/mol. The van der Waals surface area contributed by atoms with Crippen molar-refractivity contribution < 1.29 is 23.4 Å². The van der Waals surface area contributed by atoms with Crippen molar-refractivity contribution in [2.45, 2.75) is 38.1 Å². The summed E-state index contributed by atoms with van der Waals surface area (Å²) < 4.78 is 39.8. The van der Waals surface area contributed by atoms with E-state index in [2.05, 4.69) is 5.32 Å². The fourth-order valence-corrected chi connectivity index (χ4v) is 4.68. The fourth-order valence-electron chi connectivity index (χ4n) is 4.68. The highest BCUT2D eigenvalue weighted by molar-refractivity contribution is 5.96. The molecule has 36 heavy (non-hydrogen) atoms. The van der Waals surface area contributed by atoms with Crippen LogP contribution in [0.1, 0.15) is 32.1 Å². The highest BCUT2D eigenvalue weighted by Crippen LogP contribution is 2.41. The van der Waals surface area contributed by atoms with Crippen LogP contribution in [-0.4, -0.2) is 24.3 Å². The molecule has 186 valence electrons. The van der Waals surface area contributed by atoms with Gasteiger partial charge in [-0.15, -0.1) is 0 Å². The number of ether oxygens (including phenoxy) is 2. The van der Waals surface area contributed by atoms with Crippen molar-refractivity contribution in [2.24, 2.45) is 0 Å². The van der Waals surface area contributed by atoms with E-state index >= 15 is 0 Å². The number of phenols is 1. The first-order chi connectivity index (χ1) is 17.6. The summed E-state index contributed by atoms with van der Waals surface area (Å²) in [5, 5.41) is 15.0. The third kappa shape index (κ3) is 5.60. The van der Waals surface area contributed by atoms with E-state index in [1.165, 1.54) is 31.7 Å². The van der Waals surface area contributed by atoms with Crippen LogP contribution >= 0.6 is 0 Å². The molecule has 1 saturated heterocycles. The number of phenolic OH excluding ortho intramolecular Hbond substituents is 1. The normalized spacial score (nSPS) is 16.0. The number of hydrogen-bond donors (Lipinski definition) is 2. The Bertz CT molecular complexity index is 1330. The van der Waals surface area contributed by atoms with Gasteiger partial charge in [-0.25, -0.2) is 8.78 Å². The van der Waals surface area contributed by atoms with Crippen molar-refractivity contribution in [2.75, 3.05) is 13.2 Å². The quantitative estimate of drug-likeness (QED) is 0.281. The average Bonchev–Trinajstić information content (AvgIpc) is 3.16. The van der Waals surface area contributed by atoms with Gasteiger partial charge in [-0.05, 0) is 97.4 Å². The summed E-state index contributed by atoms with van der Waals surface area (Å²) in [6.07, 6.45) is 5.97. The Morgan fingerprint density at radius 3 is 2.50 bits per heavy atom. The molecule has 1 aliphatic heterocycles. The third-order valence-electron chi connectivity index (χ3n) is 6.63. The molecule has 4 nitrogen and oxygen atoms in total. The molecule has 0 aromatic heterocycles. The molecule has 0 spiro atoms. The summed E-state index contributed by atoms with van der Waals surface area (Å²) in [6, 6.07) is 20.2. The van der Waals surface area contributed by atoms with Crippen LogP contribution < -0.4 is 14.8 Å². The average molecular weight is 490 g/mol. The molecule has 1 heterocycles. The van der Waals surface area contributed by atoms with Crippen LogP contribution in [0.15, 0.2) is 72.8 Å². The standard InChI is InChI=1S/C30H29F2NO3/c31-28-14-6-21(19-29(28)32)26-12-5-20-18-23(34)7-13-27(20)30(26)36-25-10-8-24(9-11-25)35-17-15-22-4-2-1-3-16-33-22/h5-14,18-19,22,33-34H,1-4,15-17H2. The second-order valence-corrected chi connectivity index (χ2v) is 9.19. The van der Waals surface area contributed by atoms with Gasteiger partial charge in [-0.1, -0.05) is 25.0 Å². The van der Waals surface area contributed by atoms with Crippen molar-refractivity contribution in [3.05, 3.63) is 84.4 Å². The monoisotopic (exact) mass is 489 g/mol. The second kappa shape index (κ2) is 11.0. The molecule has 0 aliphatic carbocycles. The van der Waals surface area contributed by atoms with E-state index in [9.17, 15) is 13.9 Å². The van der Waals surface area contributed by atoms with Gasteiger partial charge in [0.05, 0.1) is 6.61 Å². The van der Waals surface area contributed by atoms with Gasteiger partial charge in [0.25, 0.3) is 0 Å². The fraction of sp³-hybridized carbons (Fsp3) is 0.267. The third-order valence-corrected chi connectivity index (χ3v) is 6.63. The molecule has 1 atom stereocenters. The Morgan fingerprint density at radius 2 is 1.67 bits per heavy atom. The summed E-state index contributed by atoms with van der Waals surface area (Å²) in [5.41, 5.74) is 1.11. The number of halogens is 2. The smallest absolute Gasteiger partial charge is 0.159 e. The summed E-state index contributed by atoms with van der Waals surface area (Å²) in [5.74, 6) is 0.139. The van der Waals surface area contributed by atoms with Crippen LogP contribution in [0.25, 0.3) is 21.9 Å². The molecule has 1 unspecified atom stereocenters. The van der Waals surface area contributed by atoms with Crippen LogP contribution in [0.2, 0.25) is 0 Å². The zero-order valence-electron chi connectivity index (χ0n) is 20.0. The lowest BCUT2D eigenvalue weighted by atomic mass is 9.99. The molecule has 0 bridgehead atoms. The van der Waals surface area contributed by atoms with Crippen molar-refractivity contribution in [1.29, 1.82) is 0 Å². The number of benzene rings is 4. The number of hydrogen-bond acceptors (Lipinski definition) is 4. The molecule has 0 radical (unpaired) electrons. The van der Waals surface area contributed by atoms with Gasteiger partial charge in [0.2, 0.25) is 0 Å². The van der Waals surface area contributed by atoms with Gasteiger partial charge in [0.1, 0.15) is 23.0 Å². The number of aromatic hydroxyl groups is 1. The second-order valence-electron chi connectivity index (χ2n) is 9.19. The first-order valence-corrected chi connectivity index (χ1v) is 12.4. The van der Waals surface area contributed by atoms with Crippen LogP contribution in [0, 0.1) is 11.6 Å². The van der Waals surface area contributed by atoms with Gasteiger partial charge >= 0.3 is 0 Å². The zero-order valence-corrected chi connectivity index (χ0v) is 20.0. The molecule has 0 saturated carbocycles. The Kier molecular flexibility index (Phi) is 7.33. The Morgan fingerprint density at radius 1 is 0.833 bits per heavy atom. The SMILES string of the molecule is Oc1ccc2c(Oc3ccc(OCCC4CCCCCN4)cc3)c(-c3ccc(F)c(F)c3)ccc2c1. The van der Waals surface area contributed by atoms with Crippen LogP contribution in [0.5, 0.6) is 23.0 Å². The minimum absolute atomic E-state index is 0.134. The molecule has 4 aromatic carbocycles. The summed E-state index contributed by atoms with van der Waals surface area (Å²) in [7, 11) is 0. The molecule has 6 heteroatoms. The molecule has 1 aliphatic rings. The largest absolute Gasteiger partial charge is 0.508 e. The summed E-state index contributed by atoms with van der Waals surface area (Å²) >= 11 is 0. The molecule has 4 aromatic rings. The lowest BCUT2D eigenvalue weighted by molar-refractivity contribution is 0.283. The molecular formula is C30H29F2NO3. The Hall–Kier alpha value is -3.64. The van der Waals surface area contributed by atoms with E-state index in [0.29, 0.717) is 35.3 Å². The summed E-state index contributed by atoms with van der Waals surface area (Å²) in [4.78, 5) is 0. The van der Waals surface area contributed by atoms with Crippen molar-refractivity contribution in [3.8, 4) is 34.1 Å². The highest BCUT2D eigenvalue weighted by Gasteiger charge is 2.15. The van der Waals surface area contributed by atoms with Crippen molar-refractivity contribution >= 4 is 10.8 Å². The molecule has 1 fully saturated rings. The minimum atomic E-state index is -0.926.